The number of hydrogen-bond donors (Lipinski definition) is 0. The average Bonchev–Trinajstić information content (AvgIpc) is 3.37. The molecule has 0 saturated carbocycles. The number of carbonyl (C=O) groups is 1. The fraction of sp³-hybridized carbons (Fsp3) is 0.606. The van der Waals surface area contributed by atoms with E-state index in [0.717, 1.165) is 0 Å². The summed E-state index contributed by atoms with van der Waals surface area (Å²) in [5.74, 6) is 0.0450. The van der Waals surface area contributed by atoms with E-state index in [9.17, 15) is 4.79 Å². The van der Waals surface area contributed by atoms with E-state index in [1.54, 1.807) is 14.2 Å². The monoisotopic (exact) mass is 619 g/mol. The molecule has 1 aliphatic carbocycles. The van der Waals surface area contributed by atoms with Crippen LogP contribution in [0.2, 0.25) is 0 Å². The van der Waals surface area contributed by atoms with Crippen LogP contribution in [0.25, 0.3) is 11.1 Å². The molecule has 0 saturated heterocycles. The normalized spacial score (nSPS) is 12.3. The predicted molar refractivity (Wildman–Crippen MR) is 165 cm³/mol. The summed E-state index contributed by atoms with van der Waals surface area (Å²) in [6.07, 6.45) is -0.360. The summed E-state index contributed by atoms with van der Waals surface area (Å²) in [6.45, 7) is 8.32. The van der Waals surface area contributed by atoms with Crippen LogP contribution >= 0.6 is 0 Å². The van der Waals surface area contributed by atoms with E-state index in [1.165, 1.54) is 27.2 Å². The van der Waals surface area contributed by atoms with E-state index in [2.05, 4.69) is 24.3 Å². The summed E-state index contributed by atoms with van der Waals surface area (Å²) < 4.78 is 48.8. The molecular weight excluding hydrogens is 570 g/mol. The minimum atomic E-state index is -0.360. The number of amides is 1. The van der Waals surface area contributed by atoms with E-state index >= 15 is 0 Å². The zero-order valence-corrected chi connectivity index (χ0v) is 26.2. The van der Waals surface area contributed by atoms with E-state index in [1.807, 2.05) is 24.3 Å². The molecule has 11 nitrogen and oxygen atoms in total. The van der Waals surface area contributed by atoms with Gasteiger partial charge in [0.25, 0.3) is 0 Å². The van der Waals surface area contributed by atoms with Gasteiger partial charge in [-0.25, -0.2) is 4.79 Å². The van der Waals surface area contributed by atoms with Crippen molar-refractivity contribution in [1.82, 2.24) is 4.90 Å². The Morgan fingerprint density at radius 1 is 0.568 bits per heavy atom. The van der Waals surface area contributed by atoms with E-state index in [0.29, 0.717) is 112 Å². The van der Waals surface area contributed by atoms with Crippen molar-refractivity contribution in [3.8, 4) is 11.1 Å². The van der Waals surface area contributed by atoms with Crippen LogP contribution in [0.3, 0.4) is 0 Å². The van der Waals surface area contributed by atoms with Crippen LogP contribution < -0.4 is 0 Å². The third-order valence-corrected chi connectivity index (χ3v) is 6.88. The smallest absolute Gasteiger partial charge is 0.409 e. The summed E-state index contributed by atoms with van der Waals surface area (Å²) in [6, 6.07) is 16.6. The van der Waals surface area contributed by atoms with Crippen molar-refractivity contribution in [3.05, 3.63) is 59.7 Å². The summed E-state index contributed by atoms with van der Waals surface area (Å²) in [5, 5.41) is 0. The maximum Gasteiger partial charge on any atom is 0.409 e. The van der Waals surface area contributed by atoms with E-state index in [4.69, 9.17) is 42.6 Å². The van der Waals surface area contributed by atoms with Gasteiger partial charge in [-0.05, 0) is 22.3 Å². The SMILES string of the molecule is COCCOCCOCCOCCOCCOCCOCCOCCN(C)C(=O)OCC1c2ccccc2-c2ccccc21. The molecule has 0 N–H and O–H groups in total. The van der Waals surface area contributed by atoms with Crippen molar-refractivity contribution >= 4 is 6.09 Å². The Hall–Kier alpha value is -2.61. The third-order valence-electron chi connectivity index (χ3n) is 6.88. The van der Waals surface area contributed by atoms with Gasteiger partial charge in [0.1, 0.15) is 6.61 Å². The van der Waals surface area contributed by atoms with Crippen molar-refractivity contribution in [2.45, 2.75) is 5.92 Å². The number of ether oxygens (including phenoxy) is 9. The Morgan fingerprint density at radius 3 is 1.34 bits per heavy atom. The Labute approximate surface area is 261 Å². The lowest BCUT2D eigenvalue weighted by molar-refractivity contribution is -0.0224. The van der Waals surface area contributed by atoms with Crippen LogP contribution in [0.1, 0.15) is 17.0 Å². The summed E-state index contributed by atoms with van der Waals surface area (Å²) >= 11 is 0. The van der Waals surface area contributed by atoms with Crippen LogP contribution in [-0.4, -0.2) is 137 Å². The van der Waals surface area contributed by atoms with Crippen molar-refractivity contribution in [1.29, 1.82) is 0 Å². The van der Waals surface area contributed by atoms with Gasteiger partial charge in [-0.3, -0.25) is 0 Å². The lowest BCUT2D eigenvalue weighted by Crippen LogP contribution is -2.32. The Balaban J connectivity index is 1.06. The first-order chi connectivity index (χ1) is 21.7. The summed E-state index contributed by atoms with van der Waals surface area (Å²) in [5.41, 5.74) is 4.81. The van der Waals surface area contributed by atoms with Gasteiger partial charge >= 0.3 is 6.09 Å². The van der Waals surface area contributed by atoms with Crippen LogP contribution in [0, 0.1) is 0 Å². The first-order valence-electron chi connectivity index (χ1n) is 15.3. The number of nitrogens with zero attached hydrogens (tertiary/aromatic N) is 1. The highest BCUT2D eigenvalue weighted by atomic mass is 16.6. The highest BCUT2D eigenvalue weighted by molar-refractivity contribution is 5.79. The quantitative estimate of drug-likeness (QED) is 0.145. The number of likely N-dealkylation sites (N-methyl/N-ethyl adjacent to an activating group) is 1. The van der Waals surface area contributed by atoms with E-state index < -0.39 is 0 Å². The Kier molecular flexibility index (Phi) is 18.6. The topological polar surface area (TPSA) is 103 Å². The van der Waals surface area contributed by atoms with Gasteiger partial charge in [0.2, 0.25) is 0 Å². The minimum Gasteiger partial charge on any atom is -0.448 e. The maximum absolute atomic E-state index is 12.6. The number of rotatable bonds is 26. The van der Waals surface area contributed by atoms with E-state index in [-0.39, 0.29) is 12.0 Å². The molecule has 2 aromatic carbocycles. The largest absolute Gasteiger partial charge is 0.448 e. The lowest BCUT2D eigenvalue weighted by Gasteiger charge is -2.19. The van der Waals surface area contributed by atoms with Crippen molar-refractivity contribution in [3.63, 3.8) is 0 Å². The first-order valence-corrected chi connectivity index (χ1v) is 15.3. The van der Waals surface area contributed by atoms with Gasteiger partial charge < -0.3 is 47.5 Å². The molecule has 246 valence electrons. The van der Waals surface area contributed by atoms with Crippen LogP contribution in [-0.2, 0) is 42.6 Å². The number of benzene rings is 2. The molecule has 0 fully saturated rings. The molecule has 2 aromatic rings. The van der Waals surface area contributed by atoms with Gasteiger partial charge in [-0.1, -0.05) is 48.5 Å². The second-order valence-electron chi connectivity index (χ2n) is 10.0. The average molecular weight is 620 g/mol. The number of hydrogen-bond acceptors (Lipinski definition) is 10. The molecule has 11 heteroatoms. The molecule has 1 amide bonds. The fourth-order valence-electron chi connectivity index (χ4n) is 4.56. The molecule has 0 aliphatic heterocycles. The maximum atomic E-state index is 12.6. The molecule has 0 spiro atoms. The molecule has 0 unspecified atom stereocenters. The van der Waals surface area contributed by atoms with Crippen molar-refractivity contribution in [2.75, 3.05) is 126 Å². The Morgan fingerprint density at radius 2 is 0.932 bits per heavy atom. The molecule has 0 aromatic heterocycles. The molecule has 0 atom stereocenters. The highest BCUT2D eigenvalue weighted by Gasteiger charge is 2.29. The Bertz CT molecular complexity index is 994. The second-order valence-corrected chi connectivity index (χ2v) is 10.0. The predicted octanol–water partition coefficient (Wildman–Crippen LogP) is 3.63. The first kappa shape index (κ1) is 35.9. The number of fused-ring (bicyclic) bond motifs is 3. The molecule has 0 radical (unpaired) electrons. The van der Waals surface area contributed by atoms with Crippen LogP contribution in [0.4, 0.5) is 4.79 Å². The van der Waals surface area contributed by atoms with Crippen LogP contribution in [0.15, 0.2) is 48.5 Å². The van der Waals surface area contributed by atoms with Crippen LogP contribution in [0.5, 0.6) is 0 Å². The van der Waals surface area contributed by atoms with Gasteiger partial charge in [0.15, 0.2) is 0 Å². The molecular formula is C33H49NO10. The number of methoxy groups -OCH3 is 1. The van der Waals surface area contributed by atoms with Crippen molar-refractivity contribution < 1.29 is 47.4 Å². The molecule has 1 aliphatic rings. The number of carbonyl (C=O) groups excluding carboxylic acids is 1. The van der Waals surface area contributed by atoms with Gasteiger partial charge in [0, 0.05) is 26.6 Å². The zero-order valence-electron chi connectivity index (χ0n) is 26.2. The fourth-order valence-corrected chi connectivity index (χ4v) is 4.56. The standard InChI is InChI=1S/C33H49NO10/c1-34(33(35)44-27-32-30-9-5-3-7-28(30)29-8-4-6-10-31(29)32)11-12-37-15-16-39-19-20-41-23-24-43-26-25-42-22-21-40-18-17-38-14-13-36-2/h3-10,32H,11-27H2,1-2H3. The minimum absolute atomic E-state index is 0.0450. The van der Waals surface area contributed by atoms with Gasteiger partial charge in [-0.15, -0.1) is 0 Å². The van der Waals surface area contributed by atoms with Gasteiger partial charge in [0.05, 0.1) is 99.1 Å². The summed E-state index contributed by atoms with van der Waals surface area (Å²) in [4.78, 5) is 14.1. The van der Waals surface area contributed by atoms with Crippen molar-refractivity contribution in [2.24, 2.45) is 0 Å². The third kappa shape index (κ3) is 13.6. The molecule has 0 heterocycles. The molecule has 44 heavy (non-hydrogen) atoms. The second kappa shape index (κ2) is 22.8. The molecule has 0 bridgehead atoms. The molecule has 3 rings (SSSR count). The zero-order chi connectivity index (χ0) is 31.1. The summed E-state index contributed by atoms with van der Waals surface area (Å²) in [7, 11) is 3.36. The lowest BCUT2D eigenvalue weighted by atomic mass is 9.98. The van der Waals surface area contributed by atoms with Gasteiger partial charge in [-0.2, -0.15) is 0 Å². The highest BCUT2D eigenvalue weighted by Crippen LogP contribution is 2.44.